The average molecular weight is 251 g/mol. The van der Waals surface area contributed by atoms with Crippen LogP contribution in [0.4, 0.5) is 11.5 Å². The van der Waals surface area contributed by atoms with Crippen LogP contribution in [0.15, 0.2) is 12.1 Å². The summed E-state index contributed by atoms with van der Waals surface area (Å²) in [7, 11) is 0. The van der Waals surface area contributed by atoms with Gasteiger partial charge in [0.25, 0.3) is 0 Å². The molecule has 18 heavy (non-hydrogen) atoms. The zero-order valence-corrected chi connectivity index (χ0v) is 11.1. The van der Waals surface area contributed by atoms with E-state index in [4.69, 9.17) is 15.2 Å². The van der Waals surface area contributed by atoms with Gasteiger partial charge in [0.05, 0.1) is 25.5 Å². The topological polar surface area (TPSA) is 60.6 Å². The molecule has 0 bridgehead atoms. The Morgan fingerprint density at radius 2 is 2.11 bits per heavy atom. The van der Waals surface area contributed by atoms with E-state index in [1.54, 1.807) is 0 Å². The number of rotatable bonds is 4. The maximum absolute atomic E-state index is 5.87. The molecule has 0 atom stereocenters. The lowest BCUT2D eigenvalue weighted by Crippen LogP contribution is -2.36. The quantitative estimate of drug-likeness (QED) is 0.879. The first-order valence-corrected chi connectivity index (χ1v) is 6.39. The van der Waals surface area contributed by atoms with Crippen LogP contribution in [0.3, 0.4) is 0 Å². The highest BCUT2D eigenvalue weighted by atomic mass is 16.5. The Bertz CT molecular complexity index is 390. The molecule has 0 radical (unpaired) electrons. The molecule has 1 fully saturated rings. The van der Waals surface area contributed by atoms with Crippen LogP contribution < -0.4 is 15.4 Å². The van der Waals surface area contributed by atoms with E-state index in [0.29, 0.717) is 24.1 Å². The first kappa shape index (κ1) is 13.0. The van der Waals surface area contributed by atoms with Gasteiger partial charge in [-0.3, -0.25) is 0 Å². The van der Waals surface area contributed by atoms with Crippen molar-refractivity contribution in [3.05, 3.63) is 12.1 Å². The normalized spacial score (nSPS) is 16.1. The van der Waals surface area contributed by atoms with Crippen LogP contribution in [-0.4, -0.2) is 37.9 Å². The van der Waals surface area contributed by atoms with Gasteiger partial charge in [0.15, 0.2) is 0 Å². The first-order chi connectivity index (χ1) is 8.66. The monoisotopic (exact) mass is 251 g/mol. The number of morpholine rings is 1. The molecule has 1 saturated heterocycles. The Balaban J connectivity index is 2.09. The van der Waals surface area contributed by atoms with Gasteiger partial charge in [-0.05, 0) is 18.1 Å². The molecule has 2 rings (SSSR count). The number of nitrogens with two attached hydrogens (primary N) is 1. The maximum atomic E-state index is 5.87. The Morgan fingerprint density at radius 3 is 2.78 bits per heavy atom. The van der Waals surface area contributed by atoms with Crippen molar-refractivity contribution in [2.75, 3.05) is 43.5 Å². The minimum atomic E-state index is 0.457. The van der Waals surface area contributed by atoms with E-state index in [1.807, 2.05) is 12.1 Å². The number of nitrogen functional groups attached to an aromatic ring is 1. The van der Waals surface area contributed by atoms with Crippen molar-refractivity contribution in [1.82, 2.24) is 4.98 Å². The van der Waals surface area contributed by atoms with Crippen molar-refractivity contribution in [3.8, 4) is 5.88 Å². The molecule has 1 aromatic rings. The molecular formula is C13H21N3O2. The van der Waals surface area contributed by atoms with Crippen LogP contribution in [0.5, 0.6) is 5.88 Å². The van der Waals surface area contributed by atoms with Gasteiger partial charge in [-0.2, -0.15) is 4.98 Å². The Labute approximate surface area is 108 Å². The average Bonchev–Trinajstić information content (AvgIpc) is 2.38. The fourth-order valence-electron chi connectivity index (χ4n) is 1.77. The molecule has 0 saturated carbocycles. The van der Waals surface area contributed by atoms with Crippen LogP contribution >= 0.6 is 0 Å². The highest BCUT2D eigenvalue weighted by Gasteiger charge is 2.14. The summed E-state index contributed by atoms with van der Waals surface area (Å²) in [5.74, 6) is 1.90. The number of ether oxygens (including phenoxy) is 2. The van der Waals surface area contributed by atoms with Gasteiger partial charge in [0.2, 0.25) is 5.88 Å². The van der Waals surface area contributed by atoms with Crippen LogP contribution in [0.1, 0.15) is 13.8 Å². The van der Waals surface area contributed by atoms with Gasteiger partial charge >= 0.3 is 0 Å². The fourth-order valence-corrected chi connectivity index (χ4v) is 1.77. The van der Waals surface area contributed by atoms with Crippen molar-refractivity contribution >= 4 is 11.5 Å². The molecule has 0 amide bonds. The summed E-state index contributed by atoms with van der Waals surface area (Å²) >= 11 is 0. The lowest BCUT2D eigenvalue weighted by Gasteiger charge is -2.28. The zero-order valence-electron chi connectivity index (χ0n) is 11.1. The largest absolute Gasteiger partial charge is 0.476 e. The predicted octanol–water partition coefficient (Wildman–Crippen LogP) is 1.54. The molecule has 5 nitrogen and oxygen atoms in total. The maximum Gasteiger partial charge on any atom is 0.239 e. The van der Waals surface area contributed by atoms with Gasteiger partial charge in [-0.25, -0.2) is 0 Å². The van der Waals surface area contributed by atoms with E-state index >= 15 is 0 Å². The van der Waals surface area contributed by atoms with E-state index < -0.39 is 0 Å². The summed E-state index contributed by atoms with van der Waals surface area (Å²) in [6.45, 7) is 8.04. The van der Waals surface area contributed by atoms with Crippen molar-refractivity contribution < 1.29 is 9.47 Å². The molecule has 2 N–H and O–H groups in total. The molecule has 1 aliphatic rings. The van der Waals surface area contributed by atoms with Crippen molar-refractivity contribution in [3.63, 3.8) is 0 Å². The number of hydrogen-bond acceptors (Lipinski definition) is 5. The van der Waals surface area contributed by atoms with Gasteiger partial charge in [0.1, 0.15) is 5.82 Å². The number of aromatic nitrogens is 1. The van der Waals surface area contributed by atoms with Gasteiger partial charge in [-0.15, -0.1) is 0 Å². The van der Waals surface area contributed by atoms with Gasteiger partial charge in [-0.1, -0.05) is 13.8 Å². The van der Waals surface area contributed by atoms with E-state index in [1.165, 1.54) is 0 Å². The third kappa shape index (κ3) is 3.26. The molecule has 100 valence electrons. The van der Waals surface area contributed by atoms with E-state index in [9.17, 15) is 0 Å². The smallest absolute Gasteiger partial charge is 0.239 e. The third-order valence-corrected chi connectivity index (χ3v) is 2.76. The summed E-state index contributed by atoms with van der Waals surface area (Å²) in [6, 6.07) is 3.79. The molecule has 0 unspecified atom stereocenters. The molecule has 0 spiro atoms. The minimum Gasteiger partial charge on any atom is -0.476 e. The standard InChI is InChI=1S/C13H21N3O2/c1-10(2)9-18-13-11(14)3-4-12(15-13)16-5-7-17-8-6-16/h3-4,10H,5-9,14H2,1-2H3. The van der Waals surface area contributed by atoms with Crippen molar-refractivity contribution in [2.24, 2.45) is 5.92 Å². The second-order valence-corrected chi connectivity index (χ2v) is 4.87. The summed E-state index contributed by atoms with van der Waals surface area (Å²) in [4.78, 5) is 6.68. The molecular weight excluding hydrogens is 230 g/mol. The zero-order chi connectivity index (χ0) is 13.0. The molecule has 0 aromatic carbocycles. The lowest BCUT2D eigenvalue weighted by molar-refractivity contribution is 0.122. The minimum absolute atomic E-state index is 0.457. The summed E-state index contributed by atoms with van der Waals surface area (Å²) in [5, 5.41) is 0. The van der Waals surface area contributed by atoms with E-state index in [0.717, 1.165) is 32.1 Å². The summed E-state index contributed by atoms with van der Waals surface area (Å²) < 4.78 is 11.0. The molecule has 0 aliphatic carbocycles. The number of nitrogens with zero attached hydrogens (tertiary/aromatic N) is 2. The molecule has 5 heteroatoms. The number of hydrogen-bond donors (Lipinski definition) is 1. The first-order valence-electron chi connectivity index (χ1n) is 6.39. The lowest BCUT2D eigenvalue weighted by atomic mass is 10.2. The number of pyridine rings is 1. The van der Waals surface area contributed by atoms with Crippen LogP contribution in [-0.2, 0) is 4.74 Å². The Morgan fingerprint density at radius 1 is 1.39 bits per heavy atom. The van der Waals surface area contributed by atoms with Crippen LogP contribution in [0, 0.1) is 5.92 Å². The molecule has 2 heterocycles. The summed E-state index contributed by atoms with van der Waals surface area (Å²) in [6.07, 6.45) is 0. The van der Waals surface area contributed by atoms with E-state index in [2.05, 4.69) is 23.7 Å². The SMILES string of the molecule is CC(C)COc1nc(N2CCOCC2)ccc1N. The molecule has 1 aliphatic heterocycles. The Hall–Kier alpha value is -1.49. The second-order valence-electron chi connectivity index (χ2n) is 4.87. The van der Waals surface area contributed by atoms with Crippen LogP contribution in [0.2, 0.25) is 0 Å². The van der Waals surface area contributed by atoms with Crippen molar-refractivity contribution in [1.29, 1.82) is 0 Å². The van der Waals surface area contributed by atoms with Crippen molar-refractivity contribution in [2.45, 2.75) is 13.8 Å². The van der Waals surface area contributed by atoms with Gasteiger partial charge in [0, 0.05) is 13.1 Å². The van der Waals surface area contributed by atoms with E-state index in [-0.39, 0.29) is 0 Å². The Kier molecular flexibility index (Phi) is 4.25. The third-order valence-electron chi connectivity index (χ3n) is 2.76. The summed E-state index contributed by atoms with van der Waals surface area (Å²) in [5.41, 5.74) is 6.46. The second kappa shape index (κ2) is 5.91. The number of anilines is 2. The highest BCUT2D eigenvalue weighted by molar-refractivity contribution is 5.54. The fraction of sp³-hybridized carbons (Fsp3) is 0.615. The molecule has 1 aromatic heterocycles. The highest BCUT2D eigenvalue weighted by Crippen LogP contribution is 2.24. The van der Waals surface area contributed by atoms with Gasteiger partial charge < -0.3 is 20.1 Å². The predicted molar refractivity (Wildman–Crippen MR) is 72.0 cm³/mol. The van der Waals surface area contributed by atoms with Crippen LogP contribution in [0.25, 0.3) is 0 Å².